The van der Waals surface area contributed by atoms with Crippen LogP contribution >= 0.6 is 0 Å². The van der Waals surface area contributed by atoms with E-state index in [0.717, 1.165) is 25.8 Å². The lowest BCUT2D eigenvalue weighted by Crippen LogP contribution is -2.42. The topological polar surface area (TPSA) is 128 Å². The van der Waals surface area contributed by atoms with E-state index in [1.807, 2.05) is 0 Å². The number of hydrogen-bond donors (Lipinski definition) is 3. The van der Waals surface area contributed by atoms with Crippen LogP contribution in [0.5, 0.6) is 0 Å². The van der Waals surface area contributed by atoms with Gasteiger partial charge in [0.05, 0.1) is 5.39 Å². The Bertz CT molecular complexity index is 998. The molecule has 0 radical (unpaired) electrons. The Kier molecular flexibility index (Phi) is 3.55. The van der Waals surface area contributed by atoms with E-state index in [1.165, 1.54) is 12.3 Å². The van der Waals surface area contributed by atoms with Gasteiger partial charge in [0.2, 0.25) is 10.0 Å². The Labute approximate surface area is 137 Å². The average molecular weight is 351 g/mol. The van der Waals surface area contributed by atoms with Crippen LogP contribution in [0.25, 0.3) is 11.0 Å². The van der Waals surface area contributed by atoms with Gasteiger partial charge in [-0.15, -0.1) is 0 Å². The molecule has 2 aromatic rings. The standard InChI is InChI=1S/C14H17N5O4S/c20-13-11-5-10(7-16-12(11)17-14(21)18-13)24(22,23)19-8-1-2-9(19)6-15-4-3-8/h5,7-9,15H,1-4,6H2,(H2,16,17,18,20,21). The molecule has 9 nitrogen and oxygen atoms in total. The van der Waals surface area contributed by atoms with Crippen molar-refractivity contribution < 1.29 is 8.42 Å². The van der Waals surface area contributed by atoms with Gasteiger partial charge in [-0.1, -0.05) is 0 Å². The molecule has 10 heteroatoms. The predicted octanol–water partition coefficient (Wildman–Crippen LogP) is -0.874. The number of hydrogen-bond acceptors (Lipinski definition) is 6. The summed E-state index contributed by atoms with van der Waals surface area (Å²) in [7, 11) is -3.75. The van der Waals surface area contributed by atoms with Gasteiger partial charge in [-0.05, 0) is 31.9 Å². The first-order valence-electron chi connectivity index (χ1n) is 7.83. The van der Waals surface area contributed by atoms with Crippen LogP contribution in [-0.2, 0) is 10.0 Å². The van der Waals surface area contributed by atoms with Crippen LogP contribution < -0.4 is 16.6 Å². The van der Waals surface area contributed by atoms with Crippen LogP contribution in [0.3, 0.4) is 0 Å². The Morgan fingerprint density at radius 3 is 2.75 bits per heavy atom. The molecular formula is C14H17N5O4S. The first-order chi connectivity index (χ1) is 11.5. The molecule has 0 saturated carbocycles. The van der Waals surface area contributed by atoms with E-state index < -0.39 is 21.3 Å². The molecule has 4 heterocycles. The fourth-order valence-corrected chi connectivity index (χ4v) is 5.49. The maximum atomic E-state index is 13.1. The van der Waals surface area contributed by atoms with Crippen LogP contribution in [0.4, 0.5) is 0 Å². The van der Waals surface area contributed by atoms with Crippen molar-refractivity contribution in [1.82, 2.24) is 24.6 Å². The third-order valence-electron chi connectivity index (χ3n) is 4.73. The number of nitrogens with zero attached hydrogens (tertiary/aromatic N) is 2. The second-order valence-electron chi connectivity index (χ2n) is 6.19. The van der Waals surface area contributed by atoms with Gasteiger partial charge in [-0.3, -0.25) is 14.8 Å². The zero-order valence-electron chi connectivity index (χ0n) is 12.8. The summed E-state index contributed by atoms with van der Waals surface area (Å²) >= 11 is 0. The van der Waals surface area contributed by atoms with Crippen molar-refractivity contribution in [2.45, 2.75) is 36.2 Å². The van der Waals surface area contributed by atoms with Crippen LogP contribution in [-0.4, -0.2) is 52.8 Å². The van der Waals surface area contributed by atoms with Crippen molar-refractivity contribution in [3.63, 3.8) is 0 Å². The van der Waals surface area contributed by atoms with E-state index in [9.17, 15) is 18.0 Å². The minimum atomic E-state index is -3.75. The highest BCUT2D eigenvalue weighted by atomic mass is 32.2. The van der Waals surface area contributed by atoms with Crippen LogP contribution in [0.15, 0.2) is 26.7 Å². The molecule has 2 aliphatic rings. The number of aromatic nitrogens is 3. The Balaban J connectivity index is 1.84. The minimum absolute atomic E-state index is 0.0219. The SMILES string of the molecule is O=c1[nH]c(=O)c2cc(S(=O)(=O)N3C4CCNCC3CC4)cnc2[nH]1. The summed E-state index contributed by atoms with van der Waals surface area (Å²) < 4.78 is 27.8. The highest BCUT2D eigenvalue weighted by Gasteiger charge is 2.43. The quantitative estimate of drug-likeness (QED) is 0.645. The minimum Gasteiger partial charge on any atom is -0.315 e. The van der Waals surface area contributed by atoms with Crippen molar-refractivity contribution in [3.8, 4) is 0 Å². The van der Waals surface area contributed by atoms with E-state index in [-0.39, 0.29) is 28.0 Å². The normalized spacial score (nSPS) is 25.0. The monoisotopic (exact) mass is 351 g/mol. The summed E-state index contributed by atoms with van der Waals surface area (Å²) in [5.41, 5.74) is -1.26. The lowest BCUT2D eigenvalue weighted by Gasteiger charge is -2.26. The van der Waals surface area contributed by atoms with Gasteiger partial charge in [0.25, 0.3) is 5.56 Å². The van der Waals surface area contributed by atoms with Crippen LogP contribution in [0, 0.1) is 0 Å². The summed E-state index contributed by atoms with van der Waals surface area (Å²) in [6.45, 7) is 1.43. The molecule has 2 atom stereocenters. The second-order valence-corrected chi connectivity index (χ2v) is 8.03. The van der Waals surface area contributed by atoms with Crippen LogP contribution in [0.1, 0.15) is 19.3 Å². The number of aromatic amines is 2. The lowest BCUT2D eigenvalue weighted by atomic mass is 10.1. The van der Waals surface area contributed by atoms with E-state index in [1.54, 1.807) is 4.31 Å². The van der Waals surface area contributed by atoms with Crippen molar-refractivity contribution in [2.24, 2.45) is 0 Å². The lowest BCUT2D eigenvalue weighted by molar-refractivity contribution is 0.334. The van der Waals surface area contributed by atoms with Gasteiger partial charge in [-0.25, -0.2) is 18.2 Å². The molecule has 24 heavy (non-hydrogen) atoms. The van der Waals surface area contributed by atoms with Gasteiger partial charge in [0, 0.05) is 24.8 Å². The maximum Gasteiger partial charge on any atom is 0.327 e. The van der Waals surface area contributed by atoms with Crippen LogP contribution in [0.2, 0.25) is 0 Å². The van der Waals surface area contributed by atoms with Crippen molar-refractivity contribution in [3.05, 3.63) is 33.1 Å². The Morgan fingerprint density at radius 1 is 1.12 bits per heavy atom. The molecule has 3 N–H and O–H groups in total. The summed E-state index contributed by atoms with van der Waals surface area (Å²) in [5.74, 6) is 0. The highest BCUT2D eigenvalue weighted by molar-refractivity contribution is 7.89. The average Bonchev–Trinajstić information content (AvgIpc) is 2.80. The second kappa shape index (κ2) is 5.50. The van der Waals surface area contributed by atoms with Gasteiger partial charge in [0.15, 0.2) is 0 Å². The fraction of sp³-hybridized carbons (Fsp3) is 0.500. The maximum absolute atomic E-state index is 13.1. The molecule has 128 valence electrons. The predicted molar refractivity (Wildman–Crippen MR) is 86.3 cm³/mol. The summed E-state index contributed by atoms with van der Waals surface area (Å²) in [5, 5.41) is 3.31. The first-order valence-corrected chi connectivity index (χ1v) is 9.27. The number of sulfonamides is 1. The number of H-pyrrole nitrogens is 2. The molecule has 0 aromatic carbocycles. The number of pyridine rings is 1. The molecular weight excluding hydrogens is 334 g/mol. The smallest absolute Gasteiger partial charge is 0.315 e. The molecule has 2 unspecified atom stereocenters. The van der Waals surface area contributed by atoms with Gasteiger partial charge in [0.1, 0.15) is 10.5 Å². The summed E-state index contributed by atoms with van der Waals surface area (Å²) in [6, 6.07) is 1.18. The largest absolute Gasteiger partial charge is 0.327 e. The molecule has 2 aromatic heterocycles. The number of fused-ring (bicyclic) bond motifs is 3. The zero-order valence-corrected chi connectivity index (χ0v) is 13.6. The molecule has 0 spiro atoms. The molecule has 0 amide bonds. The van der Waals surface area contributed by atoms with Crippen molar-refractivity contribution in [2.75, 3.05) is 13.1 Å². The summed E-state index contributed by atoms with van der Waals surface area (Å²) in [6.07, 6.45) is 3.64. The zero-order chi connectivity index (χ0) is 16.9. The third-order valence-corrected chi connectivity index (χ3v) is 6.70. The molecule has 2 bridgehead atoms. The van der Waals surface area contributed by atoms with E-state index in [0.29, 0.717) is 6.54 Å². The molecule has 0 aliphatic carbocycles. The molecule has 2 saturated heterocycles. The van der Waals surface area contributed by atoms with E-state index in [2.05, 4.69) is 20.3 Å². The Hall–Kier alpha value is -2.04. The van der Waals surface area contributed by atoms with Crippen molar-refractivity contribution >= 4 is 21.1 Å². The number of rotatable bonds is 2. The van der Waals surface area contributed by atoms with E-state index in [4.69, 9.17) is 0 Å². The third kappa shape index (κ3) is 2.38. The molecule has 2 fully saturated rings. The van der Waals surface area contributed by atoms with Gasteiger partial charge in [-0.2, -0.15) is 4.31 Å². The molecule has 2 aliphatic heterocycles. The highest BCUT2D eigenvalue weighted by Crippen LogP contribution is 2.33. The Morgan fingerprint density at radius 2 is 1.92 bits per heavy atom. The van der Waals surface area contributed by atoms with Crippen molar-refractivity contribution in [1.29, 1.82) is 0 Å². The van der Waals surface area contributed by atoms with Gasteiger partial charge < -0.3 is 5.32 Å². The number of nitrogens with one attached hydrogen (secondary N) is 3. The fourth-order valence-electron chi connectivity index (χ4n) is 3.62. The van der Waals surface area contributed by atoms with E-state index >= 15 is 0 Å². The summed E-state index contributed by atoms with van der Waals surface area (Å²) in [4.78, 5) is 31.6. The van der Waals surface area contributed by atoms with Gasteiger partial charge >= 0.3 is 5.69 Å². The molecule has 4 rings (SSSR count). The first kappa shape index (κ1) is 15.5.